The minimum atomic E-state index is -0.571. The van der Waals surface area contributed by atoms with Gasteiger partial charge < -0.3 is 9.47 Å². The number of amides is 1. The number of benzene rings is 2. The fraction of sp³-hybridized carbons (Fsp3) is 0.182. The van der Waals surface area contributed by atoms with Gasteiger partial charge in [-0.3, -0.25) is 9.69 Å². The highest BCUT2D eigenvalue weighted by Gasteiger charge is 2.38. The maximum Gasteiger partial charge on any atom is 0.340 e. The Bertz CT molecular complexity index is 1030. The Hall–Kier alpha value is -2.76. The number of halogens is 2. The molecule has 150 valence electrons. The Morgan fingerprint density at radius 1 is 1.14 bits per heavy atom. The average molecular weight is 432 g/mol. The Balaban J connectivity index is 2.14. The van der Waals surface area contributed by atoms with Crippen molar-refractivity contribution in [2.45, 2.75) is 13.8 Å². The van der Waals surface area contributed by atoms with Crippen LogP contribution in [0.3, 0.4) is 0 Å². The molecule has 5 nitrogen and oxygen atoms in total. The molecule has 0 saturated heterocycles. The number of carbonyl (C=O) groups is 2. The van der Waals surface area contributed by atoms with Crippen molar-refractivity contribution in [2.75, 3.05) is 18.6 Å². The molecule has 1 heterocycles. The van der Waals surface area contributed by atoms with Crippen molar-refractivity contribution in [1.82, 2.24) is 0 Å². The molecule has 0 fully saturated rings. The van der Waals surface area contributed by atoms with E-state index in [2.05, 4.69) is 0 Å². The second-order valence-corrected chi connectivity index (χ2v) is 7.01. The van der Waals surface area contributed by atoms with E-state index >= 15 is 0 Å². The molecule has 0 radical (unpaired) electrons. The lowest BCUT2D eigenvalue weighted by Crippen LogP contribution is -2.24. The van der Waals surface area contributed by atoms with Crippen LogP contribution >= 0.6 is 23.2 Å². The van der Waals surface area contributed by atoms with Gasteiger partial charge in [0.2, 0.25) is 0 Å². The van der Waals surface area contributed by atoms with Crippen LogP contribution in [-0.2, 0) is 14.3 Å². The molecule has 0 saturated carbocycles. The first-order valence-corrected chi connectivity index (χ1v) is 9.67. The minimum absolute atomic E-state index is 0.192. The molecule has 1 aliphatic heterocycles. The van der Waals surface area contributed by atoms with Gasteiger partial charge in [-0.1, -0.05) is 35.3 Å². The Kier molecular flexibility index (Phi) is 6.30. The van der Waals surface area contributed by atoms with Crippen molar-refractivity contribution in [2.24, 2.45) is 0 Å². The zero-order valence-electron chi connectivity index (χ0n) is 16.2. The summed E-state index contributed by atoms with van der Waals surface area (Å²) in [6.07, 6.45) is 1.57. The van der Waals surface area contributed by atoms with Crippen LogP contribution < -0.4 is 9.64 Å². The van der Waals surface area contributed by atoms with E-state index in [4.69, 9.17) is 32.7 Å². The van der Waals surface area contributed by atoms with Gasteiger partial charge in [0.05, 0.1) is 34.9 Å². The van der Waals surface area contributed by atoms with Gasteiger partial charge in [0.15, 0.2) is 0 Å². The number of nitrogens with zero attached hydrogens (tertiary/aromatic N) is 1. The lowest BCUT2D eigenvalue weighted by molar-refractivity contribution is -0.138. The lowest BCUT2D eigenvalue weighted by Gasteiger charge is -2.18. The van der Waals surface area contributed by atoms with Gasteiger partial charge in [0.25, 0.3) is 5.91 Å². The van der Waals surface area contributed by atoms with Crippen molar-refractivity contribution in [3.05, 3.63) is 74.9 Å². The molecule has 0 unspecified atom stereocenters. The summed E-state index contributed by atoms with van der Waals surface area (Å²) in [7, 11) is 1.57. The van der Waals surface area contributed by atoms with E-state index in [1.807, 2.05) is 0 Å². The maximum atomic E-state index is 13.3. The number of ether oxygens (including phenoxy) is 2. The lowest BCUT2D eigenvalue weighted by atomic mass is 10.0. The number of allylic oxidation sites excluding steroid dienone is 1. The van der Waals surface area contributed by atoms with Crippen LogP contribution in [0.25, 0.3) is 6.08 Å². The van der Waals surface area contributed by atoms with Crippen LogP contribution in [0.4, 0.5) is 5.69 Å². The van der Waals surface area contributed by atoms with E-state index < -0.39 is 5.97 Å². The number of methoxy groups -OCH3 is 1. The summed E-state index contributed by atoms with van der Waals surface area (Å²) >= 11 is 12.4. The summed E-state index contributed by atoms with van der Waals surface area (Å²) < 4.78 is 10.4. The number of hydrogen-bond acceptors (Lipinski definition) is 4. The first kappa shape index (κ1) is 21.0. The summed E-state index contributed by atoms with van der Waals surface area (Å²) in [4.78, 5) is 27.4. The quantitative estimate of drug-likeness (QED) is 0.477. The van der Waals surface area contributed by atoms with Crippen LogP contribution in [-0.4, -0.2) is 25.6 Å². The Labute approximate surface area is 179 Å². The molecule has 0 aromatic heterocycles. The fourth-order valence-corrected chi connectivity index (χ4v) is 3.47. The highest BCUT2D eigenvalue weighted by atomic mass is 35.5. The van der Waals surface area contributed by atoms with Gasteiger partial charge in [0.1, 0.15) is 5.75 Å². The van der Waals surface area contributed by atoms with Crippen molar-refractivity contribution in [1.29, 1.82) is 0 Å². The van der Waals surface area contributed by atoms with E-state index in [0.717, 1.165) is 0 Å². The molecular weight excluding hydrogens is 413 g/mol. The first-order valence-electron chi connectivity index (χ1n) is 8.91. The average Bonchev–Trinajstić information content (AvgIpc) is 2.95. The predicted octanol–water partition coefficient (Wildman–Crippen LogP) is 5.27. The molecule has 0 bridgehead atoms. The summed E-state index contributed by atoms with van der Waals surface area (Å²) in [6, 6.07) is 12.1. The normalized spacial score (nSPS) is 15.3. The SMILES string of the molecule is CCOC(=O)C1=C(C)N(c2ccc(OC)cc2)C(=O)/C1=C/c1cccc(Cl)c1Cl. The Morgan fingerprint density at radius 3 is 2.45 bits per heavy atom. The van der Waals surface area contributed by atoms with Crippen LogP contribution in [0.15, 0.2) is 59.3 Å². The maximum absolute atomic E-state index is 13.3. The van der Waals surface area contributed by atoms with Crippen molar-refractivity contribution >= 4 is 46.8 Å². The fourth-order valence-electron chi connectivity index (χ4n) is 3.11. The Morgan fingerprint density at radius 2 is 1.83 bits per heavy atom. The molecule has 0 aliphatic carbocycles. The summed E-state index contributed by atoms with van der Waals surface area (Å²) in [6.45, 7) is 3.61. The molecule has 0 N–H and O–H groups in total. The largest absolute Gasteiger partial charge is 0.497 e. The van der Waals surface area contributed by atoms with Gasteiger partial charge in [0, 0.05) is 11.4 Å². The van der Waals surface area contributed by atoms with Crippen LogP contribution in [0.1, 0.15) is 19.4 Å². The van der Waals surface area contributed by atoms with Gasteiger partial charge in [-0.2, -0.15) is 0 Å². The molecule has 2 aromatic carbocycles. The molecule has 7 heteroatoms. The number of hydrogen-bond donors (Lipinski definition) is 0. The van der Waals surface area contributed by atoms with E-state index in [0.29, 0.717) is 32.7 Å². The highest BCUT2D eigenvalue weighted by Crippen LogP contribution is 2.37. The van der Waals surface area contributed by atoms with Crippen molar-refractivity contribution in [3.8, 4) is 5.75 Å². The second kappa shape index (κ2) is 8.72. The van der Waals surface area contributed by atoms with Crippen LogP contribution in [0.5, 0.6) is 5.75 Å². The van der Waals surface area contributed by atoms with Crippen LogP contribution in [0.2, 0.25) is 10.0 Å². The molecular formula is C22H19Cl2NO4. The van der Waals surface area contributed by atoms with E-state index in [1.54, 1.807) is 69.5 Å². The molecule has 3 rings (SSSR count). The van der Waals surface area contributed by atoms with E-state index in [-0.39, 0.29) is 23.7 Å². The second-order valence-electron chi connectivity index (χ2n) is 6.22. The zero-order valence-corrected chi connectivity index (χ0v) is 17.7. The molecule has 1 aliphatic rings. The van der Waals surface area contributed by atoms with Gasteiger partial charge in [-0.15, -0.1) is 0 Å². The van der Waals surface area contributed by atoms with Crippen LogP contribution in [0, 0.1) is 0 Å². The number of rotatable bonds is 5. The summed E-state index contributed by atoms with van der Waals surface area (Å²) in [5.41, 5.74) is 2.01. The third-order valence-corrected chi connectivity index (χ3v) is 5.33. The number of carbonyl (C=O) groups excluding carboxylic acids is 2. The summed E-state index contributed by atoms with van der Waals surface area (Å²) in [5, 5.41) is 0.662. The third kappa shape index (κ3) is 4.02. The monoisotopic (exact) mass is 431 g/mol. The molecule has 0 spiro atoms. The zero-order chi connectivity index (χ0) is 21.1. The van der Waals surface area contributed by atoms with Crippen molar-refractivity contribution in [3.63, 3.8) is 0 Å². The smallest absolute Gasteiger partial charge is 0.340 e. The first-order chi connectivity index (χ1) is 13.9. The third-order valence-electron chi connectivity index (χ3n) is 4.49. The predicted molar refractivity (Wildman–Crippen MR) is 114 cm³/mol. The van der Waals surface area contributed by atoms with E-state index in [9.17, 15) is 9.59 Å². The topological polar surface area (TPSA) is 55.8 Å². The van der Waals surface area contributed by atoms with Gasteiger partial charge >= 0.3 is 5.97 Å². The standard InChI is InChI=1S/C22H19Cl2NO4/c1-4-29-22(27)19-13(2)25(15-8-10-16(28-3)11-9-15)21(26)17(19)12-14-6-5-7-18(23)20(14)24/h5-12H,4H2,1-3H3/b17-12+. The number of esters is 1. The van der Waals surface area contributed by atoms with Gasteiger partial charge in [-0.25, -0.2) is 4.79 Å². The molecule has 29 heavy (non-hydrogen) atoms. The molecule has 0 atom stereocenters. The molecule has 1 amide bonds. The number of anilines is 1. The van der Waals surface area contributed by atoms with Crippen molar-refractivity contribution < 1.29 is 19.1 Å². The van der Waals surface area contributed by atoms with E-state index in [1.165, 1.54) is 4.90 Å². The minimum Gasteiger partial charge on any atom is -0.497 e. The summed E-state index contributed by atoms with van der Waals surface area (Å²) in [5.74, 6) is -0.264. The van der Waals surface area contributed by atoms with Gasteiger partial charge in [-0.05, 0) is 55.8 Å². The highest BCUT2D eigenvalue weighted by molar-refractivity contribution is 6.43. The molecule has 2 aromatic rings.